The van der Waals surface area contributed by atoms with Gasteiger partial charge in [-0.2, -0.15) is 0 Å². The van der Waals surface area contributed by atoms with Crippen LogP contribution in [0.3, 0.4) is 0 Å². The molecule has 1 amide bonds. The third-order valence-electron chi connectivity index (χ3n) is 3.29. The largest absolute Gasteiger partial charge is 0.483 e. The first-order valence-corrected chi connectivity index (χ1v) is 7.61. The second-order valence-corrected chi connectivity index (χ2v) is 4.88. The number of nitrogens with one attached hydrogen (secondary N) is 1. The number of nitrogens with two attached hydrogens (primary N) is 1. The van der Waals surface area contributed by atoms with Crippen LogP contribution in [0.15, 0.2) is 24.3 Å². The first kappa shape index (κ1) is 17.5. The van der Waals surface area contributed by atoms with E-state index in [0.29, 0.717) is 18.8 Å². The third kappa shape index (κ3) is 6.60. The summed E-state index contributed by atoms with van der Waals surface area (Å²) in [5.41, 5.74) is 6.54. The molecule has 0 bridgehead atoms. The average Bonchev–Trinajstić information content (AvgIpc) is 2.52. The number of carbonyl (C=O) groups is 1. The van der Waals surface area contributed by atoms with Crippen LogP contribution in [-0.4, -0.2) is 43.6 Å². The topological polar surface area (TPSA) is 67.6 Å². The van der Waals surface area contributed by atoms with Crippen molar-refractivity contribution in [3.05, 3.63) is 29.8 Å². The van der Waals surface area contributed by atoms with Gasteiger partial charge in [-0.15, -0.1) is 0 Å². The number of likely N-dealkylation sites (N-methyl/N-ethyl adjacent to an activating group) is 1. The maximum absolute atomic E-state index is 11.8. The minimum Gasteiger partial charge on any atom is -0.483 e. The Balaban J connectivity index is 2.28. The Bertz CT molecular complexity index is 424. The van der Waals surface area contributed by atoms with Crippen molar-refractivity contribution in [1.82, 2.24) is 10.2 Å². The quantitative estimate of drug-likeness (QED) is 0.684. The summed E-state index contributed by atoms with van der Waals surface area (Å²) < 4.78 is 5.52. The highest BCUT2D eigenvalue weighted by atomic mass is 16.5. The van der Waals surface area contributed by atoms with Crippen LogP contribution >= 0.6 is 0 Å². The van der Waals surface area contributed by atoms with Gasteiger partial charge in [-0.25, -0.2) is 0 Å². The summed E-state index contributed by atoms with van der Waals surface area (Å²) >= 11 is 0. The maximum atomic E-state index is 11.8. The molecule has 118 valence electrons. The van der Waals surface area contributed by atoms with E-state index in [-0.39, 0.29) is 12.5 Å². The van der Waals surface area contributed by atoms with Crippen molar-refractivity contribution in [3.8, 4) is 5.75 Å². The number of benzene rings is 1. The standard InChI is InChI=1S/C16H27N3O2/c1-3-10-19(4-2)11-9-18-16(20)13-21-15-8-6-5-7-14(15)12-17/h5-8H,3-4,9-13,17H2,1-2H3,(H,18,20). The van der Waals surface area contributed by atoms with Crippen molar-refractivity contribution < 1.29 is 9.53 Å². The predicted molar refractivity (Wildman–Crippen MR) is 85.2 cm³/mol. The van der Waals surface area contributed by atoms with E-state index in [4.69, 9.17) is 10.5 Å². The molecule has 0 fully saturated rings. The van der Waals surface area contributed by atoms with Crippen LogP contribution in [0.25, 0.3) is 0 Å². The molecule has 21 heavy (non-hydrogen) atoms. The average molecular weight is 293 g/mol. The number of hydrogen-bond acceptors (Lipinski definition) is 4. The molecule has 5 heteroatoms. The zero-order chi connectivity index (χ0) is 15.5. The van der Waals surface area contributed by atoms with E-state index in [0.717, 1.165) is 31.6 Å². The molecule has 0 atom stereocenters. The summed E-state index contributed by atoms with van der Waals surface area (Å²) in [7, 11) is 0. The van der Waals surface area contributed by atoms with Crippen molar-refractivity contribution in [2.24, 2.45) is 5.73 Å². The van der Waals surface area contributed by atoms with E-state index in [1.54, 1.807) is 0 Å². The van der Waals surface area contributed by atoms with E-state index in [2.05, 4.69) is 24.1 Å². The zero-order valence-corrected chi connectivity index (χ0v) is 13.1. The van der Waals surface area contributed by atoms with Crippen molar-refractivity contribution in [2.45, 2.75) is 26.8 Å². The molecule has 0 heterocycles. The zero-order valence-electron chi connectivity index (χ0n) is 13.1. The highest BCUT2D eigenvalue weighted by Crippen LogP contribution is 2.16. The first-order chi connectivity index (χ1) is 10.2. The van der Waals surface area contributed by atoms with E-state index >= 15 is 0 Å². The number of rotatable bonds is 10. The smallest absolute Gasteiger partial charge is 0.257 e. The summed E-state index contributed by atoms with van der Waals surface area (Å²) in [6.07, 6.45) is 1.13. The Hall–Kier alpha value is -1.59. The first-order valence-electron chi connectivity index (χ1n) is 7.61. The van der Waals surface area contributed by atoms with E-state index in [1.165, 1.54) is 0 Å². The summed E-state index contributed by atoms with van der Waals surface area (Å²) in [6, 6.07) is 7.51. The van der Waals surface area contributed by atoms with Gasteiger partial charge >= 0.3 is 0 Å². The van der Waals surface area contributed by atoms with Crippen LogP contribution in [0.2, 0.25) is 0 Å². The molecule has 1 aromatic carbocycles. The van der Waals surface area contributed by atoms with Gasteiger partial charge in [0.25, 0.3) is 5.91 Å². The Labute approximate surface area is 127 Å². The van der Waals surface area contributed by atoms with Gasteiger partial charge in [-0.05, 0) is 25.6 Å². The molecule has 1 aromatic rings. The van der Waals surface area contributed by atoms with Gasteiger partial charge in [-0.1, -0.05) is 32.0 Å². The molecule has 0 radical (unpaired) electrons. The summed E-state index contributed by atoms with van der Waals surface area (Å²) in [5, 5.41) is 2.88. The van der Waals surface area contributed by atoms with Crippen LogP contribution in [0.4, 0.5) is 0 Å². The third-order valence-corrected chi connectivity index (χ3v) is 3.29. The van der Waals surface area contributed by atoms with Crippen LogP contribution < -0.4 is 15.8 Å². The molecule has 0 aliphatic heterocycles. The molecule has 0 unspecified atom stereocenters. The molecular formula is C16H27N3O2. The highest BCUT2D eigenvalue weighted by molar-refractivity contribution is 5.77. The monoisotopic (exact) mass is 293 g/mol. The van der Waals surface area contributed by atoms with E-state index in [9.17, 15) is 4.79 Å². The van der Waals surface area contributed by atoms with Crippen LogP contribution in [0.1, 0.15) is 25.8 Å². The van der Waals surface area contributed by atoms with Crippen molar-refractivity contribution >= 4 is 5.91 Å². The summed E-state index contributed by atoms with van der Waals surface area (Å²) in [4.78, 5) is 14.1. The van der Waals surface area contributed by atoms with Crippen molar-refractivity contribution in [2.75, 3.05) is 32.8 Å². The fraction of sp³-hybridized carbons (Fsp3) is 0.562. The lowest BCUT2D eigenvalue weighted by Crippen LogP contribution is -2.37. The number of hydrogen-bond donors (Lipinski definition) is 2. The molecule has 3 N–H and O–H groups in total. The van der Waals surface area contributed by atoms with Crippen LogP contribution in [0, 0.1) is 0 Å². The highest BCUT2D eigenvalue weighted by Gasteiger charge is 2.06. The number of nitrogens with zero attached hydrogens (tertiary/aromatic N) is 1. The number of ether oxygens (including phenoxy) is 1. The molecule has 0 aliphatic rings. The lowest BCUT2D eigenvalue weighted by atomic mass is 10.2. The van der Waals surface area contributed by atoms with Gasteiger partial charge < -0.3 is 20.7 Å². The Morgan fingerprint density at radius 1 is 1.29 bits per heavy atom. The number of carbonyl (C=O) groups excluding carboxylic acids is 1. The molecule has 0 saturated carbocycles. The van der Waals surface area contributed by atoms with Crippen molar-refractivity contribution in [1.29, 1.82) is 0 Å². The van der Waals surface area contributed by atoms with Gasteiger partial charge in [-0.3, -0.25) is 4.79 Å². The lowest BCUT2D eigenvalue weighted by Gasteiger charge is -2.19. The molecular weight excluding hydrogens is 266 g/mol. The van der Waals surface area contributed by atoms with Gasteiger partial charge in [0.2, 0.25) is 0 Å². The van der Waals surface area contributed by atoms with Gasteiger partial charge in [0.1, 0.15) is 5.75 Å². The van der Waals surface area contributed by atoms with Gasteiger partial charge in [0.05, 0.1) is 0 Å². The fourth-order valence-electron chi connectivity index (χ4n) is 2.11. The van der Waals surface area contributed by atoms with Gasteiger partial charge in [0, 0.05) is 25.2 Å². The second-order valence-electron chi connectivity index (χ2n) is 4.88. The molecule has 0 aliphatic carbocycles. The van der Waals surface area contributed by atoms with Crippen LogP contribution in [-0.2, 0) is 11.3 Å². The minimum absolute atomic E-state index is 0.0247. The SMILES string of the molecule is CCCN(CC)CCNC(=O)COc1ccccc1CN. The Kier molecular flexibility index (Phi) is 8.47. The predicted octanol–water partition coefficient (Wildman–Crippen LogP) is 1.37. The lowest BCUT2D eigenvalue weighted by molar-refractivity contribution is -0.123. The van der Waals surface area contributed by atoms with Crippen LogP contribution in [0.5, 0.6) is 5.75 Å². The number of amides is 1. The summed E-state index contributed by atoms with van der Waals surface area (Å²) in [5.74, 6) is 0.575. The molecule has 0 aromatic heterocycles. The number of para-hydroxylation sites is 1. The van der Waals surface area contributed by atoms with Crippen molar-refractivity contribution in [3.63, 3.8) is 0 Å². The fourth-order valence-corrected chi connectivity index (χ4v) is 2.11. The second kappa shape index (κ2) is 10.2. The Morgan fingerprint density at radius 2 is 2.05 bits per heavy atom. The molecule has 0 saturated heterocycles. The minimum atomic E-state index is -0.102. The summed E-state index contributed by atoms with van der Waals surface area (Å²) in [6.45, 7) is 8.30. The van der Waals surface area contributed by atoms with E-state index in [1.807, 2.05) is 24.3 Å². The normalized spacial score (nSPS) is 10.7. The Morgan fingerprint density at radius 3 is 2.71 bits per heavy atom. The van der Waals surface area contributed by atoms with E-state index < -0.39 is 0 Å². The van der Waals surface area contributed by atoms with Gasteiger partial charge in [0.15, 0.2) is 6.61 Å². The molecule has 1 rings (SSSR count). The molecule has 0 spiro atoms. The maximum Gasteiger partial charge on any atom is 0.257 e. The molecule has 5 nitrogen and oxygen atoms in total.